The fourth-order valence-corrected chi connectivity index (χ4v) is 4.60. The number of nitrogens with zero attached hydrogens (tertiary/aromatic N) is 2. The number of ether oxygens (including phenoxy) is 1. The molecule has 1 fully saturated rings. The van der Waals surface area contributed by atoms with Crippen molar-refractivity contribution in [2.75, 3.05) is 31.6 Å². The summed E-state index contributed by atoms with van der Waals surface area (Å²) in [5.74, 6) is 0.942. The molecule has 1 saturated heterocycles. The lowest BCUT2D eigenvalue weighted by Crippen LogP contribution is -2.45. The first-order chi connectivity index (χ1) is 15.1. The van der Waals surface area contributed by atoms with Gasteiger partial charge in [0, 0.05) is 48.2 Å². The van der Waals surface area contributed by atoms with E-state index in [0.717, 1.165) is 55.2 Å². The summed E-state index contributed by atoms with van der Waals surface area (Å²) in [5.41, 5.74) is 2.97. The van der Waals surface area contributed by atoms with Crippen LogP contribution >= 0.6 is 12.4 Å². The van der Waals surface area contributed by atoms with Crippen molar-refractivity contribution < 1.29 is 9.53 Å². The van der Waals surface area contributed by atoms with Crippen LogP contribution in [0.15, 0.2) is 48.5 Å². The van der Waals surface area contributed by atoms with Gasteiger partial charge in [-0.15, -0.1) is 12.4 Å². The van der Waals surface area contributed by atoms with Gasteiger partial charge in [0.25, 0.3) is 5.91 Å². The van der Waals surface area contributed by atoms with Crippen LogP contribution in [0.4, 0.5) is 11.4 Å². The molecule has 1 amide bonds. The van der Waals surface area contributed by atoms with Gasteiger partial charge in [-0.1, -0.05) is 19.4 Å². The maximum absolute atomic E-state index is 12.8. The fraction of sp³-hybridized carbons (Fsp3) is 0.500. The van der Waals surface area contributed by atoms with E-state index in [1.54, 1.807) is 7.11 Å². The number of rotatable bonds is 10. The summed E-state index contributed by atoms with van der Waals surface area (Å²) in [4.78, 5) is 17.1. The quantitative estimate of drug-likeness (QED) is 0.498. The highest BCUT2D eigenvalue weighted by atomic mass is 35.5. The zero-order chi connectivity index (χ0) is 22.2. The molecule has 2 atom stereocenters. The molecule has 1 aliphatic heterocycles. The number of hydrogen-bond donors (Lipinski definition) is 1. The number of halogens is 1. The Morgan fingerprint density at radius 2 is 1.81 bits per heavy atom. The molecule has 2 unspecified atom stereocenters. The molecule has 1 aliphatic rings. The number of benzene rings is 2. The summed E-state index contributed by atoms with van der Waals surface area (Å²) in [6, 6.07) is 17.2. The Balaban J connectivity index is 0.00000363. The molecule has 1 heterocycles. The smallest absolute Gasteiger partial charge is 0.253 e. The summed E-state index contributed by atoms with van der Waals surface area (Å²) in [5, 5.41) is 3.72. The van der Waals surface area contributed by atoms with Crippen LogP contribution < -0.4 is 15.0 Å². The molecule has 6 heteroatoms. The number of carbonyl (C=O) groups excluding carboxylic acids is 1. The third-order valence-electron chi connectivity index (χ3n) is 6.25. The average Bonchev–Trinajstić information content (AvgIpc) is 3.35. The third-order valence-corrected chi connectivity index (χ3v) is 6.25. The molecule has 2 aromatic rings. The van der Waals surface area contributed by atoms with Gasteiger partial charge in [-0.05, 0) is 76.1 Å². The van der Waals surface area contributed by atoms with E-state index in [1.165, 1.54) is 12.8 Å². The van der Waals surface area contributed by atoms with Crippen LogP contribution in [0.1, 0.15) is 56.8 Å². The first-order valence-electron chi connectivity index (χ1n) is 11.7. The zero-order valence-electron chi connectivity index (χ0n) is 19.8. The predicted octanol–water partition coefficient (Wildman–Crippen LogP) is 5.66. The van der Waals surface area contributed by atoms with Crippen molar-refractivity contribution in [2.24, 2.45) is 0 Å². The summed E-state index contributed by atoms with van der Waals surface area (Å²) in [6.07, 6.45) is 4.61. The summed E-state index contributed by atoms with van der Waals surface area (Å²) < 4.78 is 5.52. The van der Waals surface area contributed by atoms with Gasteiger partial charge in [-0.25, -0.2) is 0 Å². The molecule has 0 aliphatic carbocycles. The van der Waals surface area contributed by atoms with Gasteiger partial charge in [0.05, 0.1) is 7.11 Å². The van der Waals surface area contributed by atoms with E-state index in [1.807, 2.05) is 43.0 Å². The molecule has 0 bridgehead atoms. The van der Waals surface area contributed by atoms with Gasteiger partial charge >= 0.3 is 0 Å². The van der Waals surface area contributed by atoms with Crippen LogP contribution in [0.25, 0.3) is 0 Å². The Bertz CT molecular complexity index is 833. The number of hydrogen-bond acceptors (Lipinski definition) is 4. The van der Waals surface area contributed by atoms with Crippen LogP contribution in [0, 0.1) is 0 Å². The molecule has 0 saturated carbocycles. The second-order valence-corrected chi connectivity index (χ2v) is 8.15. The van der Waals surface area contributed by atoms with Crippen LogP contribution in [0.3, 0.4) is 0 Å². The van der Waals surface area contributed by atoms with E-state index in [4.69, 9.17) is 4.74 Å². The van der Waals surface area contributed by atoms with Gasteiger partial charge in [-0.2, -0.15) is 0 Å². The maximum Gasteiger partial charge on any atom is 0.253 e. The van der Waals surface area contributed by atoms with Crippen molar-refractivity contribution in [3.05, 3.63) is 54.1 Å². The van der Waals surface area contributed by atoms with Gasteiger partial charge in [0.1, 0.15) is 5.75 Å². The number of carbonyl (C=O) groups is 1. The monoisotopic (exact) mass is 459 g/mol. The van der Waals surface area contributed by atoms with Gasteiger partial charge in [-0.3, -0.25) is 4.79 Å². The minimum Gasteiger partial charge on any atom is -0.497 e. The molecule has 176 valence electrons. The number of anilines is 2. The molecule has 5 nitrogen and oxygen atoms in total. The fourth-order valence-electron chi connectivity index (χ4n) is 4.60. The average molecular weight is 460 g/mol. The van der Waals surface area contributed by atoms with Gasteiger partial charge < -0.3 is 19.9 Å². The molecule has 32 heavy (non-hydrogen) atoms. The third kappa shape index (κ3) is 5.96. The largest absolute Gasteiger partial charge is 0.497 e. The van der Waals surface area contributed by atoms with E-state index in [-0.39, 0.29) is 18.3 Å². The summed E-state index contributed by atoms with van der Waals surface area (Å²) in [6.45, 7) is 8.80. The number of nitrogens with one attached hydrogen (secondary N) is 1. The Labute approximate surface area is 199 Å². The van der Waals surface area contributed by atoms with Crippen LogP contribution in [-0.2, 0) is 0 Å². The second kappa shape index (κ2) is 12.7. The summed E-state index contributed by atoms with van der Waals surface area (Å²) >= 11 is 0. The van der Waals surface area contributed by atoms with Crippen molar-refractivity contribution in [3.63, 3.8) is 0 Å². The maximum atomic E-state index is 12.8. The molecule has 2 aromatic carbocycles. The van der Waals surface area contributed by atoms with Crippen molar-refractivity contribution in [3.8, 4) is 5.75 Å². The topological polar surface area (TPSA) is 44.8 Å². The highest BCUT2D eigenvalue weighted by molar-refractivity contribution is 5.94. The van der Waals surface area contributed by atoms with Crippen molar-refractivity contribution in [1.29, 1.82) is 0 Å². The Morgan fingerprint density at radius 3 is 2.38 bits per heavy atom. The van der Waals surface area contributed by atoms with Gasteiger partial charge in [0.15, 0.2) is 0 Å². The lowest BCUT2D eigenvalue weighted by atomic mass is 9.97. The van der Waals surface area contributed by atoms with E-state index < -0.39 is 0 Å². The van der Waals surface area contributed by atoms with Crippen LogP contribution in [0.2, 0.25) is 0 Å². The van der Waals surface area contributed by atoms with Crippen molar-refractivity contribution >= 4 is 29.7 Å². The minimum absolute atomic E-state index is 0. The van der Waals surface area contributed by atoms with Crippen LogP contribution in [0.5, 0.6) is 5.75 Å². The van der Waals surface area contributed by atoms with Crippen LogP contribution in [-0.4, -0.2) is 49.6 Å². The molecule has 0 aromatic heterocycles. The molecule has 0 radical (unpaired) electrons. The summed E-state index contributed by atoms with van der Waals surface area (Å²) in [7, 11) is 1.71. The first-order valence-corrected chi connectivity index (χ1v) is 11.7. The lowest BCUT2D eigenvalue weighted by Gasteiger charge is -2.38. The highest BCUT2D eigenvalue weighted by Crippen LogP contribution is 2.34. The Morgan fingerprint density at radius 1 is 1.09 bits per heavy atom. The lowest BCUT2D eigenvalue weighted by molar-refractivity contribution is 0.0773. The molecule has 1 N–H and O–H groups in total. The molecule has 3 rings (SSSR count). The van der Waals surface area contributed by atoms with Crippen molar-refractivity contribution in [1.82, 2.24) is 10.2 Å². The van der Waals surface area contributed by atoms with E-state index >= 15 is 0 Å². The number of amides is 1. The zero-order valence-corrected chi connectivity index (χ0v) is 20.7. The number of methoxy groups -OCH3 is 1. The standard InChI is InChI=1S/C26H37N3O2.ClH/c1-5-10-25(24-13-9-18-27-24)29(22-11-8-12-23(19-22)31-4)21-16-14-20(15-17-21)26(30)28(6-2)7-3;/h8,11-12,14-17,19,24-25,27H,5-7,9-10,13,18H2,1-4H3;1H. The minimum atomic E-state index is 0. The predicted molar refractivity (Wildman–Crippen MR) is 136 cm³/mol. The normalized spacial score (nSPS) is 16.2. The van der Waals surface area contributed by atoms with Crippen molar-refractivity contribution in [2.45, 2.75) is 58.5 Å². The Hall–Kier alpha value is -2.24. The molecular weight excluding hydrogens is 422 g/mol. The van der Waals surface area contributed by atoms with Gasteiger partial charge in [0.2, 0.25) is 0 Å². The van der Waals surface area contributed by atoms with E-state index in [2.05, 4.69) is 41.4 Å². The SMILES string of the molecule is CCCC(C1CCCN1)N(c1ccc(C(=O)N(CC)CC)cc1)c1cccc(OC)c1.Cl. The Kier molecular flexibility index (Phi) is 10.3. The van der Waals surface area contributed by atoms with E-state index in [0.29, 0.717) is 12.1 Å². The first kappa shape index (κ1) is 26.0. The molecular formula is C26H38ClN3O2. The van der Waals surface area contributed by atoms with E-state index in [9.17, 15) is 4.79 Å². The highest BCUT2D eigenvalue weighted by Gasteiger charge is 2.30. The molecule has 0 spiro atoms. The second-order valence-electron chi connectivity index (χ2n) is 8.15.